The Kier molecular flexibility index (Phi) is 3.79. The average molecular weight is 238 g/mol. The first-order chi connectivity index (χ1) is 8.09. The molecule has 1 aliphatic heterocycles. The van der Waals surface area contributed by atoms with Gasteiger partial charge in [-0.15, -0.1) is 0 Å². The van der Waals surface area contributed by atoms with Gasteiger partial charge in [-0.1, -0.05) is 6.07 Å². The average Bonchev–Trinajstić information content (AvgIpc) is 2.28. The van der Waals surface area contributed by atoms with Crippen molar-refractivity contribution < 1.29 is 14.2 Å². The zero-order valence-electron chi connectivity index (χ0n) is 10.4. The van der Waals surface area contributed by atoms with Gasteiger partial charge >= 0.3 is 0 Å². The maximum absolute atomic E-state index is 13.9. The Morgan fingerprint density at radius 3 is 2.53 bits per heavy atom. The highest BCUT2D eigenvalue weighted by Crippen LogP contribution is 2.33. The second-order valence-corrected chi connectivity index (χ2v) is 4.87. The van der Waals surface area contributed by atoms with E-state index in [1.807, 2.05) is 19.9 Å². The molecule has 2 nitrogen and oxygen atoms in total. The van der Waals surface area contributed by atoms with E-state index >= 15 is 0 Å². The molecule has 0 amide bonds. The maximum Gasteiger partial charge on any atom is 0.129 e. The molecular formula is C14H19FO2. The van der Waals surface area contributed by atoms with Gasteiger partial charge in [-0.05, 0) is 49.8 Å². The van der Waals surface area contributed by atoms with Crippen LogP contribution >= 0.6 is 0 Å². The lowest BCUT2D eigenvalue weighted by atomic mass is 9.87. The number of aliphatic hydroxyl groups excluding tert-OH is 1. The topological polar surface area (TPSA) is 29.5 Å². The normalized spacial score (nSPS) is 19.3. The minimum absolute atomic E-state index is 0.111. The van der Waals surface area contributed by atoms with Crippen molar-refractivity contribution in [2.24, 2.45) is 5.92 Å². The Morgan fingerprint density at radius 1 is 1.29 bits per heavy atom. The van der Waals surface area contributed by atoms with E-state index in [4.69, 9.17) is 4.74 Å². The monoisotopic (exact) mass is 238 g/mol. The van der Waals surface area contributed by atoms with Gasteiger partial charge in [0.05, 0.1) is 6.10 Å². The second kappa shape index (κ2) is 5.15. The number of hydrogen-bond acceptors (Lipinski definition) is 2. The number of hydrogen-bond donors (Lipinski definition) is 1. The van der Waals surface area contributed by atoms with Crippen molar-refractivity contribution in [3.63, 3.8) is 0 Å². The summed E-state index contributed by atoms with van der Waals surface area (Å²) in [6, 6.07) is 3.41. The molecule has 2 rings (SSSR count). The van der Waals surface area contributed by atoms with Crippen LogP contribution in [0.5, 0.6) is 0 Å². The van der Waals surface area contributed by atoms with E-state index in [0.717, 1.165) is 24.0 Å². The van der Waals surface area contributed by atoms with Gasteiger partial charge in [0.2, 0.25) is 0 Å². The Hall–Kier alpha value is -0.930. The zero-order chi connectivity index (χ0) is 12.4. The van der Waals surface area contributed by atoms with Crippen LogP contribution < -0.4 is 0 Å². The first kappa shape index (κ1) is 12.5. The van der Waals surface area contributed by atoms with Crippen LogP contribution in [0.15, 0.2) is 12.1 Å². The van der Waals surface area contributed by atoms with Gasteiger partial charge in [-0.3, -0.25) is 0 Å². The molecule has 0 radical (unpaired) electrons. The molecule has 0 saturated carbocycles. The van der Waals surface area contributed by atoms with E-state index in [1.165, 1.54) is 6.07 Å². The smallest absolute Gasteiger partial charge is 0.129 e. The molecule has 1 heterocycles. The molecule has 1 atom stereocenters. The van der Waals surface area contributed by atoms with Gasteiger partial charge in [-0.25, -0.2) is 4.39 Å². The summed E-state index contributed by atoms with van der Waals surface area (Å²) in [7, 11) is 0. The number of aryl methyl sites for hydroxylation is 2. The molecule has 0 bridgehead atoms. The van der Waals surface area contributed by atoms with Crippen LogP contribution in [0.25, 0.3) is 0 Å². The molecule has 1 unspecified atom stereocenters. The minimum Gasteiger partial charge on any atom is -0.388 e. The molecule has 94 valence electrons. The highest BCUT2D eigenvalue weighted by Gasteiger charge is 2.26. The zero-order valence-corrected chi connectivity index (χ0v) is 10.4. The van der Waals surface area contributed by atoms with Crippen LogP contribution in [0.2, 0.25) is 0 Å². The largest absolute Gasteiger partial charge is 0.388 e. The van der Waals surface area contributed by atoms with Crippen LogP contribution in [-0.4, -0.2) is 18.3 Å². The third kappa shape index (κ3) is 2.67. The molecule has 1 N–H and O–H groups in total. The highest BCUT2D eigenvalue weighted by atomic mass is 19.1. The van der Waals surface area contributed by atoms with Crippen molar-refractivity contribution in [3.8, 4) is 0 Å². The van der Waals surface area contributed by atoms with Gasteiger partial charge < -0.3 is 9.84 Å². The van der Waals surface area contributed by atoms with Crippen molar-refractivity contribution in [1.82, 2.24) is 0 Å². The Labute approximate surface area is 101 Å². The number of ether oxygens (including phenoxy) is 1. The van der Waals surface area contributed by atoms with E-state index in [9.17, 15) is 9.50 Å². The number of halogens is 1. The summed E-state index contributed by atoms with van der Waals surface area (Å²) in [5.41, 5.74) is 2.19. The summed E-state index contributed by atoms with van der Waals surface area (Å²) in [6.07, 6.45) is 0.890. The molecule has 0 aromatic heterocycles. The van der Waals surface area contributed by atoms with Crippen molar-refractivity contribution in [2.75, 3.05) is 13.2 Å². The van der Waals surface area contributed by atoms with Gasteiger partial charge in [0.15, 0.2) is 0 Å². The van der Waals surface area contributed by atoms with Crippen molar-refractivity contribution in [1.29, 1.82) is 0 Å². The molecule has 1 aliphatic rings. The van der Waals surface area contributed by atoms with Crippen LogP contribution in [-0.2, 0) is 4.74 Å². The lowest BCUT2D eigenvalue weighted by Gasteiger charge is -2.28. The van der Waals surface area contributed by atoms with Crippen molar-refractivity contribution >= 4 is 0 Å². The summed E-state index contributed by atoms with van der Waals surface area (Å²) >= 11 is 0. The SMILES string of the molecule is Cc1cc(C)c(C(O)C2CCOCC2)c(F)c1. The van der Waals surface area contributed by atoms with Crippen molar-refractivity contribution in [3.05, 3.63) is 34.6 Å². The lowest BCUT2D eigenvalue weighted by molar-refractivity contribution is 0.00565. The fraction of sp³-hybridized carbons (Fsp3) is 0.571. The summed E-state index contributed by atoms with van der Waals surface area (Å²) < 4.78 is 19.2. The highest BCUT2D eigenvalue weighted by molar-refractivity contribution is 5.33. The second-order valence-electron chi connectivity index (χ2n) is 4.87. The molecule has 1 fully saturated rings. The van der Waals surface area contributed by atoms with Gasteiger partial charge in [0, 0.05) is 18.8 Å². The summed E-state index contributed by atoms with van der Waals surface area (Å²) in [5, 5.41) is 10.3. The van der Waals surface area contributed by atoms with Gasteiger partial charge in [-0.2, -0.15) is 0 Å². The van der Waals surface area contributed by atoms with Crippen LogP contribution in [0.1, 0.15) is 35.6 Å². The summed E-state index contributed by atoms with van der Waals surface area (Å²) in [6.45, 7) is 5.04. The van der Waals surface area contributed by atoms with Crippen LogP contribution in [0.3, 0.4) is 0 Å². The third-order valence-electron chi connectivity index (χ3n) is 3.49. The first-order valence-electron chi connectivity index (χ1n) is 6.12. The first-order valence-corrected chi connectivity index (χ1v) is 6.12. The van der Waals surface area contributed by atoms with E-state index in [2.05, 4.69) is 0 Å². The van der Waals surface area contributed by atoms with Crippen LogP contribution in [0, 0.1) is 25.6 Å². The molecule has 17 heavy (non-hydrogen) atoms. The minimum atomic E-state index is -0.709. The van der Waals surface area contributed by atoms with Gasteiger partial charge in [0.1, 0.15) is 5.82 Å². The number of benzene rings is 1. The van der Waals surface area contributed by atoms with E-state index in [0.29, 0.717) is 18.8 Å². The Balaban J connectivity index is 2.26. The third-order valence-corrected chi connectivity index (χ3v) is 3.49. The lowest BCUT2D eigenvalue weighted by Crippen LogP contribution is -2.23. The molecule has 1 saturated heterocycles. The predicted octanol–water partition coefficient (Wildman–Crippen LogP) is 2.90. The maximum atomic E-state index is 13.9. The predicted molar refractivity (Wildman–Crippen MR) is 64.4 cm³/mol. The molecule has 0 spiro atoms. The van der Waals surface area contributed by atoms with E-state index in [1.54, 1.807) is 0 Å². The Morgan fingerprint density at radius 2 is 1.94 bits per heavy atom. The summed E-state index contributed by atoms with van der Waals surface area (Å²) in [4.78, 5) is 0. The summed E-state index contributed by atoms with van der Waals surface area (Å²) in [5.74, 6) is -0.179. The molecular weight excluding hydrogens is 219 g/mol. The number of aliphatic hydroxyl groups is 1. The fourth-order valence-corrected chi connectivity index (χ4v) is 2.57. The van der Waals surface area contributed by atoms with Crippen LogP contribution in [0.4, 0.5) is 4.39 Å². The molecule has 1 aromatic carbocycles. The quantitative estimate of drug-likeness (QED) is 0.858. The van der Waals surface area contributed by atoms with Crippen molar-refractivity contribution in [2.45, 2.75) is 32.8 Å². The molecule has 3 heteroatoms. The standard InChI is InChI=1S/C14H19FO2/c1-9-7-10(2)13(12(15)8-9)14(16)11-3-5-17-6-4-11/h7-8,11,14,16H,3-6H2,1-2H3. The van der Waals surface area contributed by atoms with E-state index < -0.39 is 6.10 Å². The molecule has 0 aliphatic carbocycles. The molecule has 1 aromatic rings. The van der Waals surface area contributed by atoms with E-state index in [-0.39, 0.29) is 11.7 Å². The fourth-order valence-electron chi connectivity index (χ4n) is 2.57. The Bertz CT molecular complexity index is 374. The number of rotatable bonds is 2. The van der Waals surface area contributed by atoms with Gasteiger partial charge in [0.25, 0.3) is 0 Å².